The van der Waals surface area contributed by atoms with Crippen LogP contribution in [0, 0.1) is 18.8 Å². The number of nitrogens with zero attached hydrogens (tertiary/aromatic N) is 1. The fraction of sp³-hybridized carbons (Fsp3) is 0.600. The van der Waals surface area contributed by atoms with Crippen LogP contribution in [0.25, 0.3) is 0 Å². The van der Waals surface area contributed by atoms with Crippen molar-refractivity contribution in [2.24, 2.45) is 11.8 Å². The van der Waals surface area contributed by atoms with Crippen LogP contribution in [0.5, 0.6) is 0 Å². The summed E-state index contributed by atoms with van der Waals surface area (Å²) >= 11 is 0. The summed E-state index contributed by atoms with van der Waals surface area (Å²) in [4.78, 5) is 16.4. The lowest BCUT2D eigenvalue weighted by Gasteiger charge is -2.32. The third kappa shape index (κ3) is 3.25. The molecule has 0 radical (unpaired) electrons. The molecule has 3 unspecified atom stereocenters. The molecule has 4 nitrogen and oxygen atoms in total. The minimum absolute atomic E-state index is 0.0518. The van der Waals surface area contributed by atoms with Crippen LogP contribution in [-0.4, -0.2) is 16.9 Å². The normalized spacial score (nSPS) is 27.0. The molecule has 1 aliphatic carbocycles. The Kier molecular flexibility index (Phi) is 4.08. The molecule has 2 rings (SSSR count). The van der Waals surface area contributed by atoms with Crippen LogP contribution in [0.4, 0.5) is 5.69 Å². The maximum absolute atomic E-state index is 12.3. The Labute approximate surface area is 114 Å². The Morgan fingerprint density at radius 3 is 2.79 bits per heavy atom. The second-order valence-corrected chi connectivity index (χ2v) is 5.84. The van der Waals surface area contributed by atoms with E-state index in [1.54, 1.807) is 12.3 Å². The minimum atomic E-state index is -0.0518. The summed E-state index contributed by atoms with van der Waals surface area (Å²) < 4.78 is 0. The van der Waals surface area contributed by atoms with E-state index in [-0.39, 0.29) is 11.9 Å². The van der Waals surface area contributed by atoms with Gasteiger partial charge >= 0.3 is 0 Å². The molecule has 0 aliphatic heterocycles. The first-order valence-electron chi connectivity index (χ1n) is 7.00. The van der Waals surface area contributed by atoms with Crippen LogP contribution >= 0.6 is 0 Å². The van der Waals surface area contributed by atoms with Crippen molar-refractivity contribution in [3.63, 3.8) is 0 Å². The van der Waals surface area contributed by atoms with E-state index in [4.69, 9.17) is 5.73 Å². The summed E-state index contributed by atoms with van der Waals surface area (Å²) in [6.07, 6.45) is 4.88. The summed E-state index contributed by atoms with van der Waals surface area (Å²) in [5, 5.41) is 3.12. The highest BCUT2D eigenvalue weighted by molar-refractivity contribution is 5.96. The molecule has 1 fully saturated rings. The smallest absolute Gasteiger partial charge is 0.253 e. The van der Waals surface area contributed by atoms with Gasteiger partial charge in [-0.3, -0.25) is 9.78 Å². The van der Waals surface area contributed by atoms with Crippen LogP contribution in [0.2, 0.25) is 0 Å². The largest absolute Gasteiger partial charge is 0.397 e. The van der Waals surface area contributed by atoms with Crippen LogP contribution in [0.15, 0.2) is 12.3 Å². The zero-order valence-electron chi connectivity index (χ0n) is 11.9. The third-order valence-corrected chi connectivity index (χ3v) is 4.29. The third-order valence-electron chi connectivity index (χ3n) is 4.29. The molecule has 0 spiro atoms. The van der Waals surface area contributed by atoms with Crippen molar-refractivity contribution in [1.82, 2.24) is 10.3 Å². The molecular formula is C15H23N3O. The standard InChI is InChI=1S/C15H23N3O/c1-9-4-5-13(6-10(9)2)18-15(19)14-7-12(16)8-17-11(14)3/h7-10,13H,4-6,16H2,1-3H3,(H,18,19). The Balaban J connectivity index is 2.03. The second kappa shape index (κ2) is 5.59. The Morgan fingerprint density at radius 2 is 2.11 bits per heavy atom. The maximum Gasteiger partial charge on any atom is 0.253 e. The van der Waals surface area contributed by atoms with Crippen LogP contribution in [-0.2, 0) is 0 Å². The van der Waals surface area contributed by atoms with E-state index in [9.17, 15) is 4.79 Å². The van der Waals surface area contributed by atoms with Crippen LogP contribution in [0.1, 0.15) is 49.2 Å². The molecule has 104 valence electrons. The number of amides is 1. The van der Waals surface area contributed by atoms with E-state index >= 15 is 0 Å². The average Bonchev–Trinajstić information content (AvgIpc) is 2.36. The van der Waals surface area contributed by atoms with Gasteiger partial charge in [0.1, 0.15) is 0 Å². The first-order chi connectivity index (χ1) is 8.97. The minimum Gasteiger partial charge on any atom is -0.397 e. The highest BCUT2D eigenvalue weighted by atomic mass is 16.1. The summed E-state index contributed by atoms with van der Waals surface area (Å²) in [5.41, 5.74) is 7.54. The first-order valence-corrected chi connectivity index (χ1v) is 7.00. The number of hydrogen-bond acceptors (Lipinski definition) is 3. The van der Waals surface area contributed by atoms with Crippen molar-refractivity contribution in [2.45, 2.75) is 46.1 Å². The number of aryl methyl sites for hydroxylation is 1. The van der Waals surface area contributed by atoms with Gasteiger partial charge in [-0.25, -0.2) is 0 Å². The van der Waals surface area contributed by atoms with Crippen molar-refractivity contribution in [3.8, 4) is 0 Å². The van der Waals surface area contributed by atoms with Gasteiger partial charge in [0.15, 0.2) is 0 Å². The fourth-order valence-corrected chi connectivity index (χ4v) is 2.72. The lowest BCUT2D eigenvalue weighted by molar-refractivity contribution is 0.0909. The monoisotopic (exact) mass is 261 g/mol. The van der Waals surface area contributed by atoms with E-state index in [1.165, 1.54) is 6.42 Å². The van der Waals surface area contributed by atoms with E-state index in [0.29, 0.717) is 17.2 Å². The number of carbonyl (C=O) groups is 1. The number of carbonyl (C=O) groups excluding carboxylic acids is 1. The van der Waals surface area contributed by atoms with Crippen molar-refractivity contribution in [1.29, 1.82) is 0 Å². The van der Waals surface area contributed by atoms with Gasteiger partial charge in [-0.05, 0) is 44.1 Å². The Morgan fingerprint density at radius 1 is 1.37 bits per heavy atom. The molecule has 3 N–H and O–H groups in total. The van der Waals surface area contributed by atoms with Crippen molar-refractivity contribution in [2.75, 3.05) is 5.73 Å². The molecular weight excluding hydrogens is 238 g/mol. The van der Waals surface area contributed by atoms with Gasteiger partial charge in [-0.1, -0.05) is 13.8 Å². The molecule has 1 saturated carbocycles. The van der Waals surface area contributed by atoms with Crippen molar-refractivity contribution < 1.29 is 4.79 Å². The number of nitrogens with one attached hydrogen (secondary N) is 1. The van der Waals surface area contributed by atoms with Gasteiger partial charge in [0.2, 0.25) is 0 Å². The first kappa shape index (κ1) is 13.8. The molecule has 1 aromatic heterocycles. The van der Waals surface area contributed by atoms with Gasteiger partial charge in [0.25, 0.3) is 5.91 Å². The van der Waals surface area contributed by atoms with Crippen LogP contribution < -0.4 is 11.1 Å². The van der Waals surface area contributed by atoms with Gasteiger partial charge in [-0.15, -0.1) is 0 Å². The number of aromatic nitrogens is 1. The zero-order chi connectivity index (χ0) is 14.0. The molecule has 1 aromatic rings. The van der Waals surface area contributed by atoms with E-state index in [2.05, 4.69) is 24.1 Å². The summed E-state index contributed by atoms with van der Waals surface area (Å²) in [6.45, 7) is 6.38. The Hall–Kier alpha value is -1.58. The zero-order valence-corrected chi connectivity index (χ0v) is 11.9. The lowest BCUT2D eigenvalue weighted by atomic mass is 9.79. The Bertz CT molecular complexity index is 472. The summed E-state index contributed by atoms with van der Waals surface area (Å²) in [6, 6.07) is 1.98. The molecule has 1 aliphatic rings. The number of nitrogen functional groups attached to an aromatic ring is 1. The number of nitrogens with two attached hydrogens (primary N) is 1. The molecule has 0 saturated heterocycles. The molecule has 19 heavy (non-hydrogen) atoms. The number of rotatable bonds is 2. The SMILES string of the molecule is Cc1ncc(N)cc1C(=O)NC1CCC(C)C(C)C1. The predicted octanol–water partition coefficient (Wildman–Crippen LogP) is 2.53. The van der Waals surface area contributed by atoms with Crippen molar-refractivity contribution >= 4 is 11.6 Å². The molecule has 1 amide bonds. The molecule has 3 atom stereocenters. The summed E-state index contributed by atoms with van der Waals surface area (Å²) in [5.74, 6) is 1.37. The quantitative estimate of drug-likeness (QED) is 0.859. The van der Waals surface area contributed by atoms with E-state index in [0.717, 1.165) is 24.5 Å². The van der Waals surface area contributed by atoms with E-state index in [1.807, 2.05) is 6.92 Å². The summed E-state index contributed by atoms with van der Waals surface area (Å²) in [7, 11) is 0. The average molecular weight is 261 g/mol. The van der Waals surface area contributed by atoms with Gasteiger partial charge in [-0.2, -0.15) is 0 Å². The highest BCUT2D eigenvalue weighted by Crippen LogP contribution is 2.29. The molecule has 0 aromatic carbocycles. The van der Waals surface area contributed by atoms with Gasteiger partial charge in [0.05, 0.1) is 23.1 Å². The van der Waals surface area contributed by atoms with E-state index < -0.39 is 0 Å². The van der Waals surface area contributed by atoms with Gasteiger partial charge in [0, 0.05) is 6.04 Å². The molecule has 4 heteroatoms. The second-order valence-electron chi connectivity index (χ2n) is 5.84. The van der Waals surface area contributed by atoms with Crippen molar-refractivity contribution in [3.05, 3.63) is 23.5 Å². The molecule has 0 bridgehead atoms. The number of pyridine rings is 1. The number of anilines is 1. The lowest BCUT2D eigenvalue weighted by Crippen LogP contribution is -2.40. The number of hydrogen-bond donors (Lipinski definition) is 2. The maximum atomic E-state index is 12.3. The topological polar surface area (TPSA) is 68.0 Å². The predicted molar refractivity (Wildman–Crippen MR) is 76.8 cm³/mol. The van der Waals surface area contributed by atoms with Gasteiger partial charge < -0.3 is 11.1 Å². The van der Waals surface area contributed by atoms with Crippen LogP contribution in [0.3, 0.4) is 0 Å². The molecule has 1 heterocycles. The highest BCUT2D eigenvalue weighted by Gasteiger charge is 2.26. The fourth-order valence-electron chi connectivity index (χ4n) is 2.72.